The standard InChI is InChI=1S/C20H19N3O3/c1-3-12-26-18-7-5-4-6-17(18)13-22-23-19(24)14-21-20(25)16-10-8-15(2)9-11-16/h1,4-11,13H,12,14H2,2H3,(H,21,25)(H,23,24). The van der Waals surface area contributed by atoms with Gasteiger partial charge in [-0.1, -0.05) is 35.7 Å². The number of amides is 2. The van der Waals surface area contributed by atoms with Crippen LogP contribution in [-0.2, 0) is 4.79 Å². The fraction of sp³-hybridized carbons (Fsp3) is 0.150. The van der Waals surface area contributed by atoms with Gasteiger partial charge in [-0.2, -0.15) is 5.10 Å². The molecular formula is C20H19N3O3. The third-order valence-electron chi connectivity index (χ3n) is 3.35. The quantitative estimate of drug-likeness (QED) is 0.455. The van der Waals surface area contributed by atoms with Gasteiger partial charge in [0, 0.05) is 11.1 Å². The summed E-state index contributed by atoms with van der Waals surface area (Å²) in [6.45, 7) is 1.89. The average molecular weight is 349 g/mol. The Balaban J connectivity index is 1.83. The second kappa shape index (κ2) is 9.64. The number of rotatable bonds is 7. The molecule has 6 heteroatoms. The van der Waals surface area contributed by atoms with Crippen LogP contribution in [0.4, 0.5) is 0 Å². The first-order valence-corrected chi connectivity index (χ1v) is 7.92. The first-order valence-electron chi connectivity index (χ1n) is 7.92. The summed E-state index contributed by atoms with van der Waals surface area (Å²) >= 11 is 0. The number of nitrogens with zero attached hydrogens (tertiary/aromatic N) is 1. The third kappa shape index (κ3) is 5.80. The van der Waals surface area contributed by atoms with E-state index in [0.29, 0.717) is 16.9 Å². The molecule has 2 rings (SSSR count). The van der Waals surface area contributed by atoms with E-state index < -0.39 is 5.91 Å². The first-order chi connectivity index (χ1) is 12.6. The van der Waals surface area contributed by atoms with E-state index in [4.69, 9.17) is 11.2 Å². The predicted octanol–water partition coefficient (Wildman–Crippen LogP) is 1.89. The second-order valence-corrected chi connectivity index (χ2v) is 5.37. The van der Waals surface area contributed by atoms with Crippen LogP contribution in [0.5, 0.6) is 5.75 Å². The van der Waals surface area contributed by atoms with Gasteiger partial charge in [0.25, 0.3) is 11.8 Å². The van der Waals surface area contributed by atoms with Gasteiger partial charge in [0.05, 0.1) is 12.8 Å². The maximum absolute atomic E-state index is 11.9. The third-order valence-corrected chi connectivity index (χ3v) is 3.35. The van der Waals surface area contributed by atoms with Crippen molar-refractivity contribution in [2.75, 3.05) is 13.2 Å². The molecule has 0 aliphatic heterocycles. The lowest BCUT2D eigenvalue weighted by atomic mass is 10.1. The minimum absolute atomic E-state index is 0.141. The fourth-order valence-electron chi connectivity index (χ4n) is 2.02. The van der Waals surface area contributed by atoms with Crippen LogP contribution in [0.25, 0.3) is 0 Å². The van der Waals surface area contributed by atoms with E-state index in [1.54, 1.807) is 24.3 Å². The minimum atomic E-state index is -0.441. The van der Waals surface area contributed by atoms with E-state index in [1.807, 2.05) is 31.2 Å². The zero-order chi connectivity index (χ0) is 18.8. The molecule has 0 saturated carbocycles. The number of hydrogen-bond donors (Lipinski definition) is 2. The average Bonchev–Trinajstić information content (AvgIpc) is 2.66. The van der Waals surface area contributed by atoms with Crippen molar-refractivity contribution in [2.24, 2.45) is 5.10 Å². The van der Waals surface area contributed by atoms with Crippen LogP contribution in [0.1, 0.15) is 21.5 Å². The highest BCUT2D eigenvalue weighted by Crippen LogP contribution is 2.15. The number of aryl methyl sites for hydroxylation is 1. The first kappa shape index (κ1) is 18.7. The molecule has 0 aliphatic rings. The summed E-state index contributed by atoms with van der Waals surface area (Å²) < 4.78 is 5.38. The Morgan fingerprint density at radius 3 is 2.65 bits per heavy atom. The Hall–Kier alpha value is -3.59. The lowest BCUT2D eigenvalue weighted by molar-refractivity contribution is -0.120. The van der Waals surface area contributed by atoms with Gasteiger partial charge < -0.3 is 10.1 Å². The van der Waals surface area contributed by atoms with Crippen molar-refractivity contribution in [2.45, 2.75) is 6.92 Å². The largest absolute Gasteiger partial charge is 0.480 e. The molecule has 0 radical (unpaired) electrons. The summed E-state index contributed by atoms with van der Waals surface area (Å²) in [7, 11) is 0. The molecule has 0 atom stereocenters. The van der Waals surface area contributed by atoms with Crippen molar-refractivity contribution in [1.29, 1.82) is 0 Å². The Kier molecular flexibility index (Phi) is 6.95. The molecule has 132 valence electrons. The van der Waals surface area contributed by atoms with Gasteiger partial charge in [-0.25, -0.2) is 5.43 Å². The molecule has 0 saturated heterocycles. The summed E-state index contributed by atoms with van der Waals surface area (Å²) in [6, 6.07) is 14.2. The lowest BCUT2D eigenvalue weighted by Gasteiger charge is -2.06. The van der Waals surface area contributed by atoms with Crippen LogP contribution in [-0.4, -0.2) is 31.2 Å². The van der Waals surface area contributed by atoms with Gasteiger partial charge >= 0.3 is 0 Å². The van der Waals surface area contributed by atoms with Crippen molar-refractivity contribution >= 4 is 18.0 Å². The highest BCUT2D eigenvalue weighted by molar-refractivity contribution is 5.96. The molecule has 0 spiro atoms. The summed E-state index contributed by atoms with van der Waals surface area (Å²) in [4.78, 5) is 23.7. The van der Waals surface area contributed by atoms with Crippen LogP contribution < -0.4 is 15.5 Å². The summed E-state index contributed by atoms with van der Waals surface area (Å²) in [5, 5.41) is 6.40. The highest BCUT2D eigenvalue weighted by Gasteiger charge is 2.07. The van der Waals surface area contributed by atoms with E-state index >= 15 is 0 Å². The number of carbonyl (C=O) groups excluding carboxylic acids is 2. The van der Waals surface area contributed by atoms with Crippen molar-refractivity contribution in [3.63, 3.8) is 0 Å². The van der Waals surface area contributed by atoms with Crippen molar-refractivity contribution in [3.05, 3.63) is 65.2 Å². The summed E-state index contributed by atoms with van der Waals surface area (Å²) in [5.41, 5.74) is 4.57. The fourth-order valence-corrected chi connectivity index (χ4v) is 2.02. The molecule has 0 aliphatic carbocycles. The van der Waals surface area contributed by atoms with Crippen molar-refractivity contribution in [1.82, 2.24) is 10.7 Å². The normalized spacial score (nSPS) is 10.2. The number of hydrogen-bond acceptors (Lipinski definition) is 4. The van der Waals surface area contributed by atoms with Gasteiger partial charge in [0.2, 0.25) is 0 Å². The number of carbonyl (C=O) groups is 2. The Bertz CT molecular complexity index is 836. The van der Waals surface area contributed by atoms with E-state index in [-0.39, 0.29) is 19.1 Å². The minimum Gasteiger partial charge on any atom is -0.480 e. The molecule has 0 bridgehead atoms. The van der Waals surface area contributed by atoms with Crippen LogP contribution >= 0.6 is 0 Å². The highest BCUT2D eigenvalue weighted by atomic mass is 16.5. The summed E-state index contributed by atoms with van der Waals surface area (Å²) in [5.74, 6) is 2.19. The molecule has 26 heavy (non-hydrogen) atoms. The SMILES string of the molecule is C#CCOc1ccccc1C=NNC(=O)CNC(=O)c1ccc(C)cc1. The zero-order valence-electron chi connectivity index (χ0n) is 14.4. The number of ether oxygens (including phenoxy) is 1. The monoisotopic (exact) mass is 349 g/mol. The Labute approximate surface area is 152 Å². The molecule has 2 amide bonds. The second-order valence-electron chi connectivity index (χ2n) is 5.37. The number of benzene rings is 2. The lowest BCUT2D eigenvalue weighted by Crippen LogP contribution is -2.34. The molecule has 0 fully saturated rings. The van der Waals surface area contributed by atoms with Gasteiger partial charge in [-0.3, -0.25) is 9.59 Å². The van der Waals surface area contributed by atoms with Crippen molar-refractivity contribution in [3.8, 4) is 18.1 Å². The molecule has 0 heterocycles. The zero-order valence-corrected chi connectivity index (χ0v) is 14.4. The summed E-state index contributed by atoms with van der Waals surface area (Å²) in [6.07, 6.45) is 6.62. The topological polar surface area (TPSA) is 79.8 Å². The maximum atomic E-state index is 11.9. The number of hydrazone groups is 1. The van der Waals surface area contributed by atoms with Crippen LogP contribution in [0, 0.1) is 19.3 Å². The Morgan fingerprint density at radius 1 is 1.19 bits per heavy atom. The van der Waals surface area contributed by atoms with Gasteiger partial charge in [0.15, 0.2) is 0 Å². The maximum Gasteiger partial charge on any atom is 0.259 e. The van der Waals surface area contributed by atoms with E-state index in [9.17, 15) is 9.59 Å². The smallest absolute Gasteiger partial charge is 0.259 e. The van der Waals surface area contributed by atoms with Crippen molar-refractivity contribution < 1.29 is 14.3 Å². The van der Waals surface area contributed by atoms with Crippen LogP contribution in [0.3, 0.4) is 0 Å². The predicted molar refractivity (Wildman–Crippen MR) is 100 cm³/mol. The van der Waals surface area contributed by atoms with E-state index in [2.05, 4.69) is 21.8 Å². The molecule has 2 aromatic carbocycles. The molecular weight excluding hydrogens is 330 g/mol. The molecule has 0 aromatic heterocycles. The molecule has 2 N–H and O–H groups in total. The Morgan fingerprint density at radius 2 is 1.92 bits per heavy atom. The van der Waals surface area contributed by atoms with Crippen LogP contribution in [0.2, 0.25) is 0 Å². The van der Waals surface area contributed by atoms with Gasteiger partial charge in [-0.15, -0.1) is 6.42 Å². The molecule has 2 aromatic rings. The number of nitrogens with one attached hydrogen (secondary N) is 2. The molecule has 6 nitrogen and oxygen atoms in total. The van der Waals surface area contributed by atoms with E-state index in [0.717, 1.165) is 5.56 Å². The van der Waals surface area contributed by atoms with Gasteiger partial charge in [0.1, 0.15) is 12.4 Å². The van der Waals surface area contributed by atoms with Crippen LogP contribution in [0.15, 0.2) is 53.6 Å². The number of terminal acetylenes is 1. The van der Waals surface area contributed by atoms with E-state index in [1.165, 1.54) is 6.21 Å². The van der Waals surface area contributed by atoms with Gasteiger partial charge in [-0.05, 0) is 31.2 Å². The number of para-hydroxylation sites is 1. The molecule has 0 unspecified atom stereocenters.